The Bertz CT molecular complexity index is 1030. The normalized spacial score (nSPS) is 10.6. The van der Waals surface area contributed by atoms with Crippen LogP contribution in [0, 0.1) is 10.1 Å². The first kappa shape index (κ1) is 16.6. The SMILES string of the molecule is NNC(=O)c1cn(C(=O)c2ccc([N+](=O)[O-])cc2Cl)c2ccccc12. The van der Waals surface area contributed by atoms with E-state index in [9.17, 15) is 19.7 Å². The number of hydrogen-bond acceptors (Lipinski definition) is 5. The summed E-state index contributed by atoms with van der Waals surface area (Å²) in [7, 11) is 0. The topological polar surface area (TPSA) is 120 Å². The Balaban J connectivity index is 2.15. The molecule has 3 aromatic rings. The van der Waals surface area contributed by atoms with Gasteiger partial charge in [0.25, 0.3) is 17.5 Å². The summed E-state index contributed by atoms with van der Waals surface area (Å²) in [5.74, 6) is 4.12. The van der Waals surface area contributed by atoms with Gasteiger partial charge in [0.05, 0.1) is 26.6 Å². The van der Waals surface area contributed by atoms with Gasteiger partial charge >= 0.3 is 0 Å². The fraction of sp³-hybridized carbons (Fsp3) is 0. The van der Waals surface area contributed by atoms with Crippen LogP contribution in [0.2, 0.25) is 5.02 Å². The second-order valence-electron chi connectivity index (χ2n) is 5.13. The van der Waals surface area contributed by atoms with Gasteiger partial charge in [-0.2, -0.15) is 0 Å². The number of hydrogen-bond donors (Lipinski definition) is 2. The maximum atomic E-state index is 12.8. The molecule has 0 radical (unpaired) electrons. The average Bonchev–Trinajstić information content (AvgIpc) is 3.00. The monoisotopic (exact) mass is 358 g/mol. The molecule has 0 atom stereocenters. The minimum atomic E-state index is -0.602. The molecular formula is C16H11ClN4O4. The number of nitrogens with one attached hydrogen (secondary N) is 1. The summed E-state index contributed by atoms with van der Waals surface area (Å²) in [5, 5.41) is 11.3. The molecule has 0 aliphatic rings. The summed E-state index contributed by atoms with van der Waals surface area (Å²) in [4.78, 5) is 34.9. The predicted octanol–water partition coefficient (Wildman–Crippen LogP) is 2.49. The molecule has 0 unspecified atom stereocenters. The second-order valence-corrected chi connectivity index (χ2v) is 5.54. The van der Waals surface area contributed by atoms with Gasteiger partial charge in [0, 0.05) is 23.7 Å². The first-order valence-electron chi connectivity index (χ1n) is 7.03. The van der Waals surface area contributed by atoms with Crippen molar-refractivity contribution < 1.29 is 14.5 Å². The van der Waals surface area contributed by atoms with Crippen LogP contribution in [0.25, 0.3) is 10.9 Å². The summed E-state index contributed by atoms with van der Waals surface area (Å²) in [6, 6.07) is 10.4. The molecule has 2 aromatic carbocycles. The third-order valence-electron chi connectivity index (χ3n) is 3.70. The number of halogens is 1. The number of nitro benzene ring substituents is 1. The molecule has 0 saturated heterocycles. The van der Waals surface area contributed by atoms with Crippen molar-refractivity contribution in [3.05, 3.63) is 74.9 Å². The van der Waals surface area contributed by atoms with E-state index >= 15 is 0 Å². The molecule has 1 aromatic heterocycles. The molecule has 0 saturated carbocycles. The Labute approximate surface area is 145 Å². The van der Waals surface area contributed by atoms with E-state index in [1.165, 1.54) is 22.9 Å². The second kappa shape index (κ2) is 6.34. The molecule has 1 heterocycles. The molecule has 0 spiro atoms. The Hall–Kier alpha value is -3.23. The van der Waals surface area contributed by atoms with E-state index in [0.717, 1.165) is 6.07 Å². The molecular weight excluding hydrogens is 348 g/mol. The molecule has 9 heteroatoms. The number of nitro groups is 1. The van der Waals surface area contributed by atoms with Crippen LogP contribution < -0.4 is 11.3 Å². The molecule has 3 N–H and O–H groups in total. The summed E-state index contributed by atoms with van der Waals surface area (Å²) >= 11 is 6.03. The maximum absolute atomic E-state index is 12.8. The minimum Gasteiger partial charge on any atom is -0.290 e. The maximum Gasteiger partial charge on any atom is 0.270 e. The van der Waals surface area contributed by atoms with E-state index in [2.05, 4.69) is 0 Å². The highest BCUT2D eigenvalue weighted by molar-refractivity contribution is 6.34. The first-order valence-corrected chi connectivity index (χ1v) is 7.41. The molecule has 0 aliphatic heterocycles. The number of nitrogens with zero attached hydrogens (tertiary/aromatic N) is 2. The number of amides is 1. The van der Waals surface area contributed by atoms with Crippen molar-refractivity contribution in [1.29, 1.82) is 0 Å². The van der Waals surface area contributed by atoms with E-state index in [1.807, 2.05) is 5.43 Å². The zero-order chi connectivity index (χ0) is 18.1. The van der Waals surface area contributed by atoms with Crippen molar-refractivity contribution in [3.63, 3.8) is 0 Å². The minimum absolute atomic E-state index is 0.0539. The third-order valence-corrected chi connectivity index (χ3v) is 4.01. The molecule has 0 aliphatic carbocycles. The van der Waals surface area contributed by atoms with Gasteiger partial charge in [-0.15, -0.1) is 0 Å². The number of nitrogens with two attached hydrogens (primary N) is 1. The van der Waals surface area contributed by atoms with Crippen LogP contribution in [-0.4, -0.2) is 21.3 Å². The number of carbonyl (C=O) groups is 2. The highest BCUT2D eigenvalue weighted by Crippen LogP contribution is 2.26. The van der Waals surface area contributed by atoms with E-state index in [-0.39, 0.29) is 21.8 Å². The Kier molecular flexibility index (Phi) is 4.22. The van der Waals surface area contributed by atoms with Crippen molar-refractivity contribution in [3.8, 4) is 0 Å². The number of hydrazine groups is 1. The number of fused-ring (bicyclic) bond motifs is 1. The fourth-order valence-electron chi connectivity index (χ4n) is 2.53. The lowest BCUT2D eigenvalue weighted by Crippen LogP contribution is -2.29. The molecule has 3 rings (SSSR count). The van der Waals surface area contributed by atoms with Crippen LogP contribution in [0.15, 0.2) is 48.7 Å². The molecule has 25 heavy (non-hydrogen) atoms. The summed E-state index contributed by atoms with van der Waals surface area (Å²) in [6.07, 6.45) is 1.35. The van der Waals surface area contributed by atoms with Gasteiger partial charge in [-0.05, 0) is 12.1 Å². The highest BCUT2D eigenvalue weighted by Gasteiger charge is 2.21. The van der Waals surface area contributed by atoms with Crippen molar-refractivity contribution in [2.75, 3.05) is 0 Å². The zero-order valence-electron chi connectivity index (χ0n) is 12.6. The van der Waals surface area contributed by atoms with E-state index < -0.39 is 16.7 Å². The van der Waals surface area contributed by atoms with Crippen molar-refractivity contribution >= 4 is 40.0 Å². The summed E-state index contributed by atoms with van der Waals surface area (Å²) < 4.78 is 1.26. The molecule has 8 nitrogen and oxygen atoms in total. The Morgan fingerprint density at radius 2 is 1.88 bits per heavy atom. The van der Waals surface area contributed by atoms with Crippen LogP contribution in [-0.2, 0) is 0 Å². The van der Waals surface area contributed by atoms with Crippen molar-refractivity contribution in [2.45, 2.75) is 0 Å². The summed E-state index contributed by atoms with van der Waals surface area (Å²) in [5.41, 5.74) is 2.60. The van der Waals surface area contributed by atoms with Gasteiger partial charge in [-0.3, -0.25) is 29.7 Å². The van der Waals surface area contributed by atoms with Crippen LogP contribution >= 0.6 is 11.6 Å². The van der Waals surface area contributed by atoms with Gasteiger partial charge < -0.3 is 0 Å². The first-order chi connectivity index (χ1) is 11.9. The quantitative estimate of drug-likeness (QED) is 0.322. The molecule has 0 bridgehead atoms. The number of para-hydroxylation sites is 1. The fourth-order valence-corrected chi connectivity index (χ4v) is 2.78. The summed E-state index contributed by atoms with van der Waals surface area (Å²) in [6.45, 7) is 0. The van der Waals surface area contributed by atoms with E-state index in [0.29, 0.717) is 10.9 Å². The molecule has 0 fully saturated rings. The largest absolute Gasteiger partial charge is 0.290 e. The number of benzene rings is 2. The Morgan fingerprint density at radius 1 is 1.16 bits per heavy atom. The van der Waals surface area contributed by atoms with Gasteiger partial charge in [0.1, 0.15) is 0 Å². The number of carbonyl (C=O) groups excluding carboxylic acids is 2. The lowest BCUT2D eigenvalue weighted by atomic mass is 10.1. The molecule has 1 amide bonds. The number of rotatable bonds is 3. The van der Waals surface area contributed by atoms with Gasteiger partial charge in [0.2, 0.25) is 0 Å². The van der Waals surface area contributed by atoms with Crippen LogP contribution in [0.5, 0.6) is 0 Å². The van der Waals surface area contributed by atoms with Gasteiger partial charge in [0.15, 0.2) is 0 Å². The van der Waals surface area contributed by atoms with Crippen molar-refractivity contribution in [2.24, 2.45) is 5.84 Å². The van der Waals surface area contributed by atoms with Gasteiger partial charge in [-0.1, -0.05) is 29.8 Å². The van der Waals surface area contributed by atoms with Crippen LogP contribution in [0.4, 0.5) is 5.69 Å². The number of non-ortho nitro benzene ring substituents is 1. The number of aromatic nitrogens is 1. The third kappa shape index (κ3) is 2.84. The standard InChI is InChI=1S/C16H11ClN4O4/c17-13-7-9(21(24)25)5-6-11(13)16(23)20-8-12(15(22)19-18)10-3-1-2-4-14(10)20/h1-8H,18H2,(H,19,22). The predicted molar refractivity (Wildman–Crippen MR) is 91.4 cm³/mol. The Morgan fingerprint density at radius 3 is 2.52 bits per heavy atom. The van der Waals surface area contributed by atoms with Crippen LogP contribution in [0.1, 0.15) is 20.7 Å². The number of nitrogen functional groups attached to an aromatic ring is 1. The lowest BCUT2D eigenvalue weighted by Gasteiger charge is -2.06. The average molecular weight is 359 g/mol. The lowest BCUT2D eigenvalue weighted by molar-refractivity contribution is -0.384. The van der Waals surface area contributed by atoms with Crippen molar-refractivity contribution in [1.82, 2.24) is 9.99 Å². The van der Waals surface area contributed by atoms with Crippen LogP contribution in [0.3, 0.4) is 0 Å². The molecule has 126 valence electrons. The van der Waals surface area contributed by atoms with E-state index in [4.69, 9.17) is 17.4 Å². The zero-order valence-corrected chi connectivity index (χ0v) is 13.4. The van der Waals surface area contributed by atoms with E-state index in [1.54, 1.807) is 24.3 Å². The smallest absolute Gasteiger partial charge is 0.270 e. The van der Waals surface area contributed by atoms with Gasteiger partial charge in [-0.25, -0.2) is 5.84 Å². The highest BCUT2D eigenvalue weighted by atomic mass is 35.5.